The van der Waals surface area contributed by atoms with Gasteiger partial charge in [-0.2, -0.15) is 4.98 Å². The van der Waals surface area contributed by atoms with Gasteiger partial charge < -0.3 is 15.0 Å². The normalized spacial score (nSPS) is 11.2. The predicted octanol–water partition coefficient (Wildman–Crippen LogP) is 2.98. The van der Waals surface area contributed by atoms with Gasteiger partial charge in [0.1, 0.15) is 10.6 Å². The molecule has 0 unspecified atom stereocenters. The highest BCUT2D eigenvalue weighted by Crippen LogP contribution is 2.30. The quantitative estimate of drug-likeness (QED) is 0.850. The molecule has 0 aliphatic rings. The van der Waals surface area contributed by atoms with E-state index in [0.29, 0.717) is 18.6 Å². The Morgan fingerprint density at radius 2 is 2.20 bits per heavy atom. The summed E-state index contributed by atoms with van der Waals surface area (Å²) in [5.74, 6) is 1.68. The molecule has 2 aromatic rings. The van der Waals surface area contributed by atoms with Crippen LogP contribution in [0.5, 0.6) is 0 Å². The standard InChI is InChI=1S/C14H22N4OS/c1-5-15-14-16-12(11-6-9-20-13(11)17-14)18(10(2)3)7-8-19-4/h6,9-10H,5,7-8H2,1-4H3,(H,15,16,17). The molecule has 0 bridgehead atoms. The first-order valence-electron chi connectivity index (χ1n) is 6.92. The minimum Gasteiger partial charge on any atom is -0.383 e. The molecule has 0 amide bonds. The second-order valence-electron chi connectivity index (χ2n) is 4.82. The van der Waals surface area contributed by atoms with E-state index in [0.717, 1.165) is 29.1 Å². The summed E-state index contributed by atoms with van der Waals surface area (Å²) in [6.45, 7) is 8.71. The SMILES string of the molecule is CCNc1nc(N(CCOC)C(C)C)c2ccsc2n1. The molecule has 6 heteroatoms. The van der Waals surface area contributed by atoms with Gasteiger partial charge in [0.15, 0.2) is 0 Å². The summed E-state index contributed by atoms with van der Waals surface area (Å²) in [6, 6.07) is 2.45. The summed E-state index contributed by atoms with van der Waals surface area (Å²) in [5.41, 5.74) is 0. The Bertz CT molecular complexity index is 555. The van der Waals surface area contributed by atoms with Gasteiger partial charge in [-0.15, -0.1) is 11.3 Å². The zero-order valence-corrected chi connectivity index (χ0v) is 13.3. The summed E-state index contributed by atoms with van der Waals surface area (Å²) in [5, 5.41) is 6.38. The monoisotopic (exact) mass is 294 g/mol. The molecule has 0 atom stereocenters. The number of fused-ring (bicyclic) bond motifs is 1. The van der Waals surface area contributed by atoms with Crippen molar-refractivity contribution in [2.75, 3.05) is 37.0 Å². The number of thiophene rings is 1. The maximum absolute atomic E-state index is 5.22. The fraction of sp³-hybridized carbons (Fsp3) is 0.571. The second kappa shape index (κ2) is 6.85. The molecule has 5 nitrogen and oxygen atoms in total. The smallest absolute Gasteiger partial charge is 0.226 e. The minimum atomic E-state index is 0.359. The van der Waals surface area contributed by atoms with E-state index < -0.39 is 0 Å². The van der Waals surface area contributed by atoms with Gasteiger partial charge in [0, 0.05) is 26.2 Å². The fourth-order valence-corrected chi connectivity index (χ4v) is 2.85. The van der Waals surface area contributed by atoms with Crippen LogP contribution in [-0.4, -0.2) is 42.8 Å². The summed E-state index contributed by atoms with van der Waals surface area (Å²) >= 11 is 1.65. The summed E-state index contributed by atoms with van der Waals surface area (Å²) < 4.78 is 5.22. The lowest BCUT2D eigenvalue weighted by atomic mass is 10.2. The Kier molecular flexibility index (Phi) is 5.14. The van der Waals surface area contributed by atoms with Gasteiger partial charge in [0.25, 0.3) is 0 Å². The van der Waals surface area contributed by atoms with E-state index in [1.54, 1.807) is 18.4 Å². The van der Waals surface area contributed by atoms with E-state index in [1.807, 2.05) is 6.92 Å². The topological polar surface area (TPSA) is 50.3 Å². The molecule has 0 aromatic carbocycles. The van der Waals surface area contributed by atoms with Crippen LogP contribution in [0.3, 0.4) is 0 Å². The highest BCUT2D eigenvalue weighted by molar-refractivity contribution is 7.16. The van der Waals surface area contributed by atoms with Gasteiger partial charge in [0.2, 0.25) is 5.95 Å². The Hall–Kier alpha value is -1.40. The van der Waals surface area contributed by atoms with Crippen molar-refractivity contribution in [2.45, 2.75) is 26.8 Å². The molecule has 2 rings (SSSR count). The lowest BCUT2D eigenvalue weighted by molar-refractivity contribution is 0.203. The Labute approximate surface area is 124 Å². The Balaban J connectivity index is 2.45. The Morgan fingerprint density at radius 3 is 2.85 bits per heavy atom. The van der Waals surface area contributed by atoms with Crippen molar-refractivity contribution < 1.29 is 4.74 Å². The third kappa shape index (κ3) is 3.19. The lowest BCUT2D eigenvalue weighted by Gasteiger charge is -2.28. The van der Waals surface area contributed by atoms with Crippen LogP contribution in [0.4, 0.5) is 11.8 Å². The summed E-state index contributed by atoms with van der Waals surface area (Å²) in [4.78, 5) is 12.5. The minimum absolute atomic E-state index is 0.359. The van der Waals surface area contributed by atoms with E-state index in [2.05, 4.69) is 40.5 Å². The molecule has 2 aromatic heterocycles. The molecule has 0 spiro atoms. The van der Waals surface area contributed by atoms with E-state index in [4.69, 9.17) is 9.72 Å². The van der Waals surface area contributed by atoms with Crippen LogP contribution in [0.2, 0.25) is 0 Å². The maximum atomic E-state index is 5.22. The molecule has 0 saturated carbocycles. The first-order valence-corrected chi connectivity index (χ1v) is 7.80. The van der Waals surface area contributed by atoms with Gasteiger partial charge in [-0.1, -0.05) is 0 Å². The molecule has 20 heavy (non-hydrogen) atoms. The van der Waals surface area contributed by atoms with E-state index in [-0.39, 0.29) is 0 Å². The number of aromatic nitrogens is 2. The number of nitrogens with one attached hydrogen (secondary N) is 1. The molecule has 0 aliphatic carbocycles. The number of hydrogen-bond donors (Lipinski definition) is 1. The first-order chi connectivity index (χ1) is 9.67. The average Bonchev–Trinajstić information content (AvgIpc) is 2.87. The van der Waals surface area contributed by atoms with Gasteiger partial charge >= 0.3 is 0 Å². The van der Waals surface area contributed by atoms with Crippen molar-refractivity contribution in [1.29, 1.82) is 0 Å². The molecule has 110 valence electrons. The molecule has 1 N–H and O–H groups in total. The molecular weight excluding hydrogens is 272 g/mol. The van der Waals surface area contributed by atoms with E-state index in [1.165, 1.54) is 0 Å². The number of hydrogen-bond acceptors (Lipinski definition) is 6. The van der Waals surface area contributed by atoms with Gasteiger partial charge in [0.05, 0.1) is 12.0 Å². The number of rotatable bonds is 7. The largest absolute Gasteiger partial charge is 0.383 e. The van der Waals surface area contributed by atoms with Crippen LogP contribution < -0.4 is 10.2 Å². The number of ether oxygens (including phenoxy) is 1. The number of methoxy groups -OCH3 is 1. The first kappa shape index (κ1) is 15.0. The zero-order valence-electron chi connectivity index (χ0n) is 12.5. The molecule has 0 radical (unpaired) electrons. The summed E-state index contributed by atoms with van der Waals surface area (Å²) in [7, 11) is 1.72. The van der Waals surface area contributed by atoms with Crippen molar-refractivity contribution in [3.05, 3.63) is 11.4 Å². The van der Waals surface area contributed by atoms with Crippen molar-refractivity contribution in [3.63, 3.8) is 0 Å². The average molecular weight is 294 g/mol. The second-order valence-corrected chi connectivity index (χ2v) is 5.72. The van der Waals surface area contributed by atoms with Gasteiger partial charge in [-0.3, -0.25) is 0 Å². The zero-order chi connectivity index (χ0) is 14.5. The van der Waals surface area contributed by atoms with Crippen LogP contribution in [0.15, 0.2) is 11.4 Å². The van der Waals surface area contributed by atoms with Crippen molar-refractivity contribution in [3.8, 4) is 0 Å². The molecular formula is C14H22N4OS. The Morgan fingerprint density at radius 1 is 1.40 bits per heavy atom. The van der Waals surface area contributed by atoms with Crippen molar-refractivity contribution >= 4 is 33.3 Å². The predicted molar refractivity (Wildman–Crippen MR) is 85.9 cm³/mol. The third-order valence-electron chi connectivity index (χ3n) is 3.07. The summed E-state index contributed by atoms with van der Waals surface area (Å²) in [6.07, 6.45) is 0. The lowest BCUT2D eigenvalue weighted by Crippen LogP contribution is -2.34. The fourth-order valence-electron chi connectivity index (χ4n) is 2.09. The molecule has 0 fully saturated rings. The van der Waals surface area contributed by atoms with Crippen molar-refractivity contribution in [1.82, 2.24) is 9.97 Å². The van der Waals surface area contributed by atoms with Gasteiger partial charge in [-0.25, -0.2) is 4.98 Å². The number of nitrogens with zero attached hydrogens (tertiary/aromatic N) is 3. The highest BCUT2D eigenvalue weighted by atomic mass is 32.1. The molecule has 0 saturated heterocycles. The van der Waals surface area contributed by atoms with Gasteiger partial charge in [-0.05, 0) is 32.2 Å². The molecule has 2 heterocycles. The van der Waals surface area contributed by atoms with Crippen LogP contribution in [0.25, 0.3) is 10.2 Å². The van der Waals surface area contributed by atoms with Crippen LogP contribution >= 0.6 is 11.3 Å². The van der Waals surface area contributed by atoms with Crippen molar-refractivity contribution in [2.24, 2.45) is 0 Å². The maximum Gasteiger partial charge on any atom is 0.226 e. The van der Waals surface area contributed by atoms with E-state index >= 15 is 0 Å². The van der Waals surface area contributed by atoms with E-state index in [9.17, 15) is 0 Å². The molecule has 0 aliphatic heterocycles. The number of anilines is 2. The third-order valence-corrected chi connectivity index (χ3v) is 3.88. The highest BCUT2D eigenvalue weighted by Gasteiger charge is 2.17. The van der Waals surface area contributed by atoms with Crippen LogP contribution in [0, 0.1) is 0 Å². The van der Waals surface area contributed by atoms with Crippen LogP contribution in [0.1, 0.15) is 20.8 Å². The van der Waals surface area contributed by atoms with Crippen LogP contribution in [-0.2, 0) is 4.74 Å².